The van der Waals surface area contributed by atoms with Crippen LogP contribution in [0.15, 0.2) is 0 Å². The van der Waals surface area contributed by atoms with E-state index in [-0.39, 0.29) is 0 Å². The molecule has 0 radical (unpaired) electrons. The molecule has 8 heteroatoms. The maximum Gasteiger partial charge on any atom is 0.111 e. The largest absolute Gasteiger partial charge is 0.394 e. The first-order valence-electron chi connectivity index (χ1n) is 4.66. The number of hydrogen-bond donors (Lipinski definition) is 8. The van der Waals surface area contributed by atoms with Gasteiger partial charge in [-0.1, -0.05) is 0 Å². The summed E-state index contributed by atoms with van der Waals surface area (Å²) in [5.74, 6) is 0. The Morgan fingerprint density at radius 3 is 0.938 bits per heavy atom. The molecule has 0 unspecified atom stereocenters. The standard InChI is InChI=1S/C8H18O8/c9-1-3(11)5(13)7(15)8(16)6(14)4(12)2-10/h3-16H,1-2H2/t3-,4+,5-,6+,7+,8-. The normalized spacial score (nSPS) is 23.2. The molecule has 0 aromatic carbocycles. The Kier molecular flexibility index (Phi) is 6.95. The van der Waals surface area contributed by atoms with E-state index in [0.29, 0.717) is 0 Å². The quantitative estimate of drug-likeness (QED) is 0.220. The minimum atomic E-state index is -1.97. The molecule has 0 spiro atoms. The van der Waals surface area contributed by atoms with Crippen LogP contribution < -0.4 is 0 Å². The zero-order valence-electron chi connectivity index (χ0n) is 8.46. The fraction of sp³-hybridized carbons (Fsp3) is 1.00. The summed E-state index contributed by atoms with van der Waals surface area (Å²) in [6.07, 6.45) is -11.1. The summed E-state index contributed by atoms with van der Waals surface area (Å²) in [6, 6.07) is 0. The zero-order chi connectivity index (χ0) is 12.9. The first-order chi connectivity index (χ1) is 7.36. The molecule has 0 saturated heterocycles. The lowest BCUT2D eigenvalue weighted by Crippen LogP contribution is -2.53. The van der Waals surface area contributed by atoms with Gasteiger partial charge in [0.25, 0.3) is 0 Å². The van der Waals surface area contributed by atoms with Crippen molar-refractivity contribution in [2.75, 3.05) is 13.2 Å². The van der Waals surface area contributed by atoms with Gasteiger partial charge in [0.1, 0.15) is 36.6 Å². The third kappa shape index (κ3) is 3.92. The number of hydrogen-bond acceptors (Lipinski definition) is 8. The van der Waals surface area contributed by atoms with Gasteiger partial charge in [0.2, 0.25) is 0 Å². The molecular formula is C8H18O8. The molecule has 0 fully saturated rings. The average molecular weight is 242 g/mol. The Balaban J connectivity index is 4.41. The van der Waals surface area contributed by atoms with Crippen molar-refractivity contribution in [3.8, 4) is 0 Å². The van der Waals surface area contributed by atoms with Crippen LogP contribution in [0.3, 0.4) is 0 Å². The molecule has 98 valence electrons. The highest BCUT2D eigenvalue weighted by molar-refractivity contribution is 4.87. The first-order valence-corrected chi connectivity index (χ1v) is 4.66. The van der Waals surface area contributed by atoms with Crippen molar-refractivity contribution in [3.05, 3.63) is 0 Å². The SMILES string of the molecule is OC[C@@H](O)[C@@H](O)[C@H](O)[C@H](O)[C@@H](O)[C@@H](O)CO. The topological polar surface area (TPSA) is 162 Å². The van der Waals surface area contributed by atoms with E-state index in [1.807, 2.05) is 0 Å². The molecule has 0 bridgehead atoms. The van der Waals surface area contributed by atoms with Gasteiger partial charge in [-0.15, -0.1) is 0 Å². The highest BCUT2D eigenvalue weighted by Gasteiger charge is 2.36. The molecule has 0 aliphatic heterocycles. The van der Waals surface area contributed by atoms with Crippen LogP contribution in [0.2, 0.25) is 0 Å². The molecule has 6 atom stereocenters. The maximum absolute atomic E-state index is 9.28. The highest BCUT2D eigenvalue weighted by Crippen LogP contribution is 2.10. The lowest BCUT2D eigenvalue weighted by molar-refractivity contribution is -0.161. The van der Waals surface area contributed by atoms with Crippen molar-refractivity contribution in [2.24, 2.45) is 0 Å². The van der Waals surface area contributed by atoms with Gasteiger partial charge in [-0.2, -0.15) is 0 Å². The van der Waals surface area contributed by atoms with Crippen LogP contribution in [-0.4, -0.2) is 90.7 Å². The second-order valence-electron chi connectivity index (χ2n) is 3.46. The smallest absolute Gasteiger partial charge is 0.111 e. The van der Waals surface area contributed by atoms with Crippen molar-refractivity contribution in [1.29, 1.82) is 0 Å². The van der Waals surface area contributed by atoms with E-state index in [1.165, 1.54) is 0 Å². The molecule has 0 amide bonds. The number of rotatable bonds is 7. The summed E-state index contributed by atoms with van der Waals surface area (Å²) in [6.45, 7) is -1.69. The van der Waals surface area contributed by atoms with E-state index in [2.05, 4.69) is 0 Å². The van der Waals surface area contributed by atoms with Gasteiger partial charge in [0.15, 0.2) is 0 Å². The van der Waals surface area contributed by atoms with Crippen molar-refractivity contribution >= 4 is 0 Å². The minimum Gasteiger partial charge on any atom is -0.394 e. The van der Waals surface area contributed by atoms with Crippen molar-refractivity contribution in [2.45, 2.75) is 36.6 Å². The van der Waals surface area contributed by atoms with Crippen molar-refractivity contribution in [3.63, 3.8) is 0 Å². The summed E-state index contributed by atoms with van der Waals surface area (Å²) >= 11 is 0. The van der Waals surface area contributed by atoms with Crippen LogP contribution in [0, 0.1) is 0 Å². The number of aliphatic hydroxyl groups excluding tert-OH is 8. The summed E-state index contributed by atoms with van der Waals surface area (Å²) in [4.78, 5) is 0. The van der Waals surface area contributed by atoms with E-state index in [1.54, 1.807) is 0 Å². The Morgan fingerprint density at radius 2 is 0.750 bits per heavy atom. The Bertz CT molecular complexity index is 169. The van der Waals surface area contributed by atoms with Gasteiger partial charge in [-0.3, -0.25) is 0 Å². The second-order valence-corrected chi connectivity index (χ2v) is 3.46. The third-order valence-corrected chi connectivity index (χ3v) is 2.21. The average Bonchev–Trinajstić information content (AvgIpc) is 2.32. The predicted octanol–water partition coefficient (Wildman–Crippen LogP) is -4.86. The molecule has 0 aromatic heterocycles. The molecular weight excluding hydrogens is 224 g/mol. The van der Waals surface area contributed by atoms with Crippen LogP contribution in [0.25, 0.3) is 0 Å². The lowest BCUT2D eigenvalue weighted by Gasteiger charge is -2.29. The van der Waals surface area contributed by atoms with E-state index in [4.69, 9.17) is 20.4 Å². The molecule has 0 aliphatic carbocycles. The zero-order valence-corrected chi connectivity index (χ0v) is 8.46. The first kappa shape index (κ1) is 15.7. The van der Waals surface area contributed by atoms with Crippen LogP contribution in [0.4, 0.5) is 0 Å². The van der Waals surface area contributed by atoms with E-state index < -0.39 is 49.8 Å². The Hall–Kier alpha value is -0.320. The van der Waals surface area contributed by atoms with E-state index in [9.17, 15) is 20.4 Å². The molecule has 8 N–H and O–H groups in total. The van der Waals surface area contributed by atoms with Gasteiger partial charge in [0, 0.05) is 0 Å². The predicted molar refractivity (Wildman–Crippen MR) is 50.2 cm³/mol. The lowest BCUT2D eigenvalue weighted by atomic mass is 9.97. The summed E-state index contributed by atoms with van der Waals surface area (Å²) in [5, 5.41) is 71.8. The second kappa shape index (κ2) is 7.09. The van der Waals surface area contributed by atoms with Crippen LogP contribution >= 0.6 is 0 Å². The van der Waals surface area contributed by atoms with Gasteiger partial charge in [0.05, 0.1) is 13.2 Å². The maximum atomic E-state index is 9.28. The Morgan fingerprint density at radius 1 is 0.500 bits per heavy atom. The summed E-state index contributed by atoms with van der Waals surface area (Å²) < 4.78 is 0. The minimum absolute atomic E-state index is 0.844. The fourth-order valence-electron chi connectivity index (χ4n) is 1.08. The molecule has 0 saturated carbocycles. The third-order valence-electron chi connectivity index (χ3n) is 2.21. The molecule has 0 heterocycles. The molecule has 0 rings (SSSR count). The molecule has 0 aliphatic rings. The van der Waals surface area contributed by atoms with Gasteiger partial charge in [-0.05, 0) is 0 Å². The van der Waals surface area contributed by atoms with Gasteiger partial charge >= 0.3 is 0 Å². The highest BCUT2D eigenvalue weighted by atomic mass is 16.4. The van der Waals surface area contributed by atoms with Gasteiger partial charge in [-0.25, -0.2) is 0 Å². The van der Waals surface area contributed by atoms with Crippen LogP contribution in [0.5, 0.6) is 0 Å². The fourth-order valence-corrected chi connectivity index (χ4v) is 1.08. The van der Waals surface area contributed by atoms with Crippen LogP contribution in [-0.2, 0) is 0 Å². The van der Waals surface area contributed by atoms with E-state index >= 15 is 0 Å². The van der Waals surface area contributed by atoms with Gasteiger partial charge < -0.3 is 40.9 Å². The molecule has 8 nitrogen and oxygen atoms in total. The van der Waals surface area contributed by atoms with Crippen molar-refractivity contribution in [1.82, 2.24) is 0 Å². The number of aliphatic hydroxyl groups is 8. The summed E-state index contributed by atoms with van der Waals surface area (Å²) in [5.41, 5.74) is 0. The van der Waals surface area contributed by atoms with E-state index in [0.717, 1.165) is 0 Å². The monoisotopic (exact) mass is 242 g/mol. The summed E-state index contributed by atoms with van der Waals surface area (Å²) in [7, 11) is 0. The molecule has 0 aromatic rings. The van der Waals surface area contributed by atoms with Crippen molar-refractivity contribution < 1.29 is 40.9 Å². The van der Waals surface area contributed by atoms with Crippen LogP contribution in [0.1, 0.15) is 0 Å². The molecule has 16 heavy (non-hydrogen) atoms. The Labute approximate surface area is 91.6 Å².